The van der Waals surface area contributed by atoms with Gasteiger partial charge < -0.3 is 10.2 Å². The maximum absolute atomic E-state index is 3.63. The lowest BCUT2D eigenvalue weighted by Gasteiger charge is -2.19. The molecule has 0 radical (unpaired) electrons. The van der Waals surface area contributed by atoms with Crippen LogP contribution in [0.4, 0.5) is 0 Å². The Balaban J connectivity index is 1.59. The van der Waals surface area contributed by atoms with Gasteiger partial charge >= 0.3 is 0 Å². The van der Waals surface area contributed by atoms with Crippen LogP contribution in [0.5, 0.6) is 0 Å². The van der Waals surface area contributed by atoms with Gasteiger partial charge in [0.15, 0.2) is 0 Å². The minimum Gasteiger partial charge on any atom is -0.313 e. The van der Waals surface area contributed by atoms with E-state index in [1.165, 1.54) is 64.7 Å². The third-order valence-corrected chi connectivity index (χ3v) is 3.93. The quantitative estimate of drug-likeness (QED) is 0.749. The summed E-state index contributed by atoms with van der Waals surface area (Å²) >= 11 is 0. The lowest BCUT2D eigenvalue weighted by molar-refractivity contribution is 0.281. The summed E-state index contributed by atoms with van der Waals surface area (Å²) < 4.78 is 0. The van der Waals surface area contributed by atoms with E-state index in [1.807, 2.05) is 0 Å². The molecule has 1 aliphatic heterocycles. The summed E-state index contributed by atoms with van der Waals surface area (Å²) in [4.78, 5) is 2.66. The summed E-state index contributed by atoms with van der Waals surface area (Å²) in [5.41, 5.74) is 0. The lowest BCUT2D eigenvalue weighted by atomic mass is 10.1. The fourth-order valence-electron chi connectivity index (χ4n) is 2.56. The third-order valence-electron chi connectivity index (χ3n) is 3.93. The van der Waals surface area contributed by atoms with Crippen molar-refractivity contribution >= 4 is 0 Å². The lowest BCUT2D eigenvalue weighted by Crippen LogP contribution is -2.30. The molecule has 0 spiro atoms. The number of hydrogen-bond donors (Lipinski definition) is 1. The van der Waals surface area contributed by atoms with Crippen LogP contribution in [0.25, 0.3) is 0 Å². The molecule has 2 heteroatoms. The zero-order valence-corrected chi connectivity index (χ0v) is 10.2. The Hall–Kier alpha value is -0.0800. The second-order valence-electron chi connectivity index (χ2n) is 5.28. The van der Waals surface area contributed by atoms with Gasteiger partial charge in [0.25, 0.3) is 0 Å². The maximum Gasteiger partial charge on any atom is 0.0107 e. The van der Waals surface area contributed by atoms with Crippen LogP contribution >= 0.6 is 0 Å². The van der Waals surface area contributed by atoms with E-state index in [2.05, 4.69) is 17.1 Å². The van der Waals surface area contributed by atoms with E-state index < -0.39 is 0 Å². The van der Waals surface area contributed by atoms with Crippen molar-refractivity contribution in [3.63, 3.8) is 0 Å². The summed E-state index contributed by atoms with van der Waals surface area (Å²) in [6.07, 6.45) is 8.58. The fraction of sp³-hybridized carbons (Fsp3) is 1.00. The average Bonchev–Trinajstić information content (AvgIpc) is 3.05. The van der Waals surface area contributed by atoms with E-state index in [0.29, 0.717) is 0 Å². The van der Waals surface area contributed by atoms with Gasteiger partial charge in [0.05, 0.1) is 0 Å². The molecule has 0 amide bonds. The van der Waals surface area contributed by atoms with Gasteiger partial charge in [-0.05, 0) is 44.7 Å². The molecule has 1 saturated carbocycles. The first-order valence-electron chi connectivity index (χ1n) is 6.84. The zero-order chi connectivity index (χ0) is 10.5. The first-order valence-corrected chi connectivity index (χ1v) is 6.84. The van der Waals surface area contributed by atoms with Crippen molar-refractivity contribution in [1.29, 1.82) is 0 Å². The molecule has 1 heterocycles. The second kappa shape index (κ2) is 5.86. The SMILES string of the molecule is CCC1CCN(CCCC2CC2)CCN1. The van der Waals surface area contributed by atoms with Crippen LogP contribution in [0.1, 0.15) is 45.4 Å². The van der Waals surface area contributed by atoms with Crippen molar-refractivity contribution in [3.8, 4) is 0 Å². The van der Waals surface area contributed by atoms with Crippen molar-refractivity contribution in [1.82, 2.24) is 10.2 Å². The first-order chi connectivity index (χ1) is 7.38. The van der Waals surface area contributed by atoms with Crippen molar-refractivity contribution in [2.24, 2.45) is 5.92 Å². The largest absolute Gasteiger partial charge is 0.313 e. The molecule has 1 N–H and O–H groups in total. The predicted molar refractivity (Wildman–Crippen MR) is 65.1 cm³/mol. The van der Waals surface area contributed by atoms with Crippen LogP contribution < -0.4 is 5.32 Å². The minimum absolute atomic E-state index is 0.776. The summed E-state index contributed by atoms with van der Waals surface area (Å²) in [6.45, 7) is 7.41. The van der Waals surface area contributed by atoms with E-state index >= 15 is 0 Å². The number of rotatable bonds is 5. The molecule has 0 aromatic heterocycles. The summed E-state index contributed by atoms with van der Waals surface area (Å²) in [5.74, 6) is 1.11. The Morgan fingerprint density at radius 1 is 1.20 bits per heavy atom. The molecule has 2 fully saturated rings. The van der Waals surface area contributed by atoms with Gasteiger partial charge in [-0.25, -0.2) is 0 Å². The standard InChI is InChI=1S/C13H26N2/c1-2-13-7-10-15(11-8-14-13)9-3-4-12-5-6-12/h12-14H,2-11H2,1H3. The molecule has 2 nitrogen and oxygen atoms in total. The molecule has 1 unspecified atom stereocenters. The monoisotopic (exact) mass is 210 g/mol. The Morgan fingerprint density at radius 3 is 2.80 bits per heavy atom. The van der Waals surface area contributed by atoms with Crippen LogP contribution in [0.3, 0.4) is 0 Å². The molecule has 2 rings (SSSR count). The Morgan fingerprint density at radius 2 is 2.07 bits per heavy atom. The Kier molecular flexibility index (Phi) is 4.45. The predicted octanol–water partition coefficient (Wildman–Crippen LogP) is 2.25. The molecule has 0 aromatic rings. The molecule has 0 bridgehead atoms. The molecular formula is C13H26N2. The highest BCUT2D eigenvalue weighted by atomic mass is 15.2. The Labute approximate surface area is 94.4 Å². The summed E-state index contributed by atoms with van der Waals surface area (Å²) in [6, 6.07) is 0.776. The highest BCUT2D eigenvalue weighted by molar-refractivity contribution is 4.76. The van der Waals surface area contributed by atoms with E-state index in [0.717, 1.165) is 12.0 Å². The van der Waals surface area contributed by atoms with Gasteiger partial charge in [0.1, 0.15) is 0 Å². The van der Waals surface area contributed by atoms with Gasteiger partial charge in [0, 0.05) is 19.1 Å². The average molecular weight is 210 g/mol. The fourth-order valence-corrected chi connectivity index (χ4v) is 2.56. The summed E-state index contributed by atoms with van der Waals surface area (Å²) in [7, 11) is 0. The molecule has 88 valence electrons. The van der Waals surface area contributed by atoms with Crippen LogP contribution in [0, 0.1) is 5.92 Å². The van der Waals surface area contributed by atoms with Gasteiger partial charge in [-0.2, -0.15) is 0 Å². The van der Waals surface area contributed by atoms with Crippen LogP contribution in [0.2, 0.25) is 0 Å². The van der Waals surface area contributed by atoms with Crippen molar-refractivity contribution in [2.45, 2.75) is 51.5 Å². The molecule has 15 heavy (non-hydrogen) atoms. The van der Waals surface area contributed by atoms with E-state index in [-0.39, 0.29) is 0 Å². The zero-order valence-electron chi connectivity index (χ0n) is 10.2. The third kappa shape index (κ3) is 4.12. The van der Waals surface area contributed by atoms with Gasteiger partial charge in [0.2, 0.25) is 0 Å². The molecule has 1 aliphatic carbocycles. The molecule has 2 aliphatic rings. The van der Waals surface area contributed by atoms with E-state index in [1.54, 1.807) is 0 Å². The van der Waals surface area contributed by atoms with Gasteiger partial charge in [-0.3, -0.25) is 0 Å². The van der Waals surface area contributed by atoms with Gasteiger partial charge in [-0.1, -0.05) is 19.8 Å². The number of nitrogens with one attached hydrogen (secondary N) is 1. The van der Waals surface area contributed by atoms with Gasteiger partial charge in [-0.15, -0.1) is 0 Å². The summed E-state index contributed by atoms with van der Waals surface area (Å²) in [5, 5.41) is 3.63. The topological polar surface area (TPSA) is 15.3 Å². The number of nitrogens with zero attached hydrogens (tertiary/aromatic N) is 1. The number of hydrogen-bond acceptors (Lipinski definition) is 2. The molecule has 1 atom stereocenters. The highest BCUT2D eigenvalue weighted by Gasteiger charge is 2.21. The smallest absolute Gasteiger partial charge is 0.0107 e. The first kappa shape index (κ1) is 11.4. The van der Waals surface area contributed by atoms with Crippen LogP contribution in [-0.2, 0) is 0 Å². The normalized spacial score (nSPS) is 29.0. The van der Waals surface area contributed by atoms with E-state index in [4.69, 9.17) is 0 Å². The van der Waals surface area contributed by atoms with Crippen molar-refractivity contribution in [3.05, 3.63) is 0 Å². The Bertz CT molecular complexity index is 177. The second-order valence-corrected chi connectivity index (χ2v) is 5.28. The molecule has 0 aromatic carbocycles. The maximum atomic E-state index is 3.63. The molecular weight excluding hydrogens is 184 g/mol. The van der Waals surface area contributed by atoms with Crippen molar-refractivity contribution in [2.75, 3.05) is 26.2 Å². The van der Waals surface area contributed by atoms with Crippen LogP contribution in [0.15, 0.2) is 0 Å². The minimum atomic E-state index is 0.776. The van der Waals surface area contributed by atoms with E-state index in [9.17, 15) is 0 Å². The highest BCUT2D eigenvalue weighted by Crippen LogP contribution is 2.33. The van der Waals surface area contributed by atoms with Crippen LogP contribution in [-0.4, -0.2) is 37.1 Å². The van der Waals surface area contributed by atoms with Crippen molar-refractivity contribution < 1.29 is 0 Å². The molecule has 1 saturated heterocycles.